The molecule has 0 radical (unpaired) electrons. The first-order chi connectivity index (χ1) is 18.2. The fourth-order valence-electron chi connectivity index (χ4n) is 5.58. The van der Waals surface area contributed by atoms with Crippen molar-refractivity contribution in [3.63, 3.8) is 0 Å². The highest BCUT2D eigenvalue weighted by atomic mass is 15.2. The van der Waals surface area contributed by atoms with Crippen molar-refractivity contribution in [2.45, 2.75) is 130 Å². The van der Waals surface area contributed by atoms with Crippen molar-refractivity contribution in [2.75, 3.05) is 0 Å². The van der Waals surface area contributed by atoms with Crippen molar-refractivity contribution in [3.05, 3.63) is 89.5 Å². The minimum Gasteiger partial charge on any atom is -0.234 e. The second kappa shape index (κ2) is 17.2. The molecule has 0 aliphatic heterocycles. The van der Waals surface area contributed by atoms with Crippen LogP contribution in [0.3, 0.4) is 0 Å². The molecule has 3 aromatic rings. The Hall–Kier alpha value is -2.35. The van der Waals surface area contributed by atoms with Gasteiger partial charge >= 0.3 is 0 Å². The molecule has 1 unspecified atom stereocenters. The van der Waals surface area contributed by atoms with Crippen LogP contribution in [0, 0.1) is 0 Å². The van der Waals surface area contributed by atoms with Gasteiger partial charge in [0.2, 0.25) is 0 Å². The van der Waals surface area contributed by atoms with Crippen LogP contribution in [0.15, 0.2) is 66.9 Å². The van der Waals surface area contributed by atoms with Crippen molar-refractivity contribution in [1.29, 1.82) is 0 Å². The minimum absolute atomic E-state index is 0.520. The van der Waals surface area contributed by atoms with Gasteiger partial charge in [0.05, 0.1) is 19.5 Å². The molecule has 2 aromatic carbocycles. The highest BCUT2D eigenvalue weighted by Gasteiger charge is 2.25. The molecule has 0 fully saturated rings. The van der Waals surface area contributed by atoms with E-state index >= 15 is 0 Å². The smallest absolute Gasteiger partial charge is 0.234 e. The number of hydrogen-bond donors (Lipinski definition) is 0. The van der Waals surface area contributed by atoms with Crippen LogP contribution in [0.1, 0.15) is 126 Å². The summed E-state index contributed by atoms with van der Waals surface area (Å²) in [7, 11) is 0. The first kappa shape index (κ1) is 29.2. The average Bonchev–Trinajstić information content (AvgIpc) is 3.24. The van der Waals surface area contributed by atoms with Gasteiger partial charge in [-0.1, -0.05) is 133 Å². The number of hydrogen-bond acceptors (Lipinski definition) is 0. The van der Waals surface area contributed by atoms with Crippen molar-refractivity contribution in [3.8, 4) is 0 Å². The molecule has 1 heterocycles. The van der Waals surface area contributed by atoms with Gasteiger partial charge in [0, 0.05) is 6.42 Å². The molecule has 1 aromatic heterocycles. The minimum atomic E-state index is 0.520. The maximum absolute atomic E-state index is 2.71. The summed E-state index contributed by atoms with van der Waals surface area (Å²) in [6, 6.07) is 22.2. The van der Waals surface area contributed by atoms with Crippen molar-refractivity contribution < 1.29 is 4.57 Å². The molecule has 0 bridgehead atoms. The second-order valence-electron chi connectivity index (χ2n) is 11.1. The van der Waals surface area contributed by atoms with Gasteiger partial charge in [-0.3, -0.25) is 0 Å². The molecule has 37 heavy (non-hydrogen) atoms. The zero-order valence-corrected chi connectivity index (χ0v) is 24.1. The molecule has 0 aliphatic carbocycles. The van der Waals surface area contributed by atoms with E-state index in [4.69, 9.17) is 0 Å². The van der Waals surface area contributed by atoms with E-state index in [1.54, 1.807) is 0 Å². The van der Waals surface area contributed by atoms with Gasteiger partial charge in [-0.25, -0.2) is 9.13 Å². The Morgan fingerprint density at radius 2 is 1.24 bits per heavy atom. The molecule has 0 aliphatic rings. The predicted molar refractivity (Wildman–Crippen MR) is 159 cm³/mol. The Labute approximate surface area is 228 Å². The molecule has 202 valence electrons. The van der Waals surface area contributed by atoms with E-state index in [2.05, 4.69) is 96.8 Å². The van der Waals surface area contributed by atoms with Crippen molar-refractivity contribution in [1.82, 2.24) is 4.57 Å². The first-order valence-corrected chi connectivity index (χ1v) is 15.4. The van der Waals surface area contributed by atoms with Gasteiger partial charge in [-0.05, 0) is 42.7 Å². The Kier molecular flexibility index (Phi) is 13.6. The van der Waals surface area contributed by atoms with Crippen molar-refractivity contribution in [2.24, 2.45) is 0 Å². The Balaban J connectivity index is 1.79. The summed E-state index contributed by atoms with van der Waals surface area (Å²) in [4.78, 5) is 0. The number of rotatable bonds is 19. The van der Waals surface area contributed by atoms with E-state index in [9.17, 15) is 0 Å². The van der Waals surface area contributed by atoms with Crippen LogP contribution in [-0.4, -0.2) is 4.57 Å². The normalized spacial score (nSPS) is 12.2. The fourth-order valence-corrected chi connectivity index (χ4v) is 5.58. The standard InChI is InChI=1S/C35H53N2/c1-4-6-8-10-11-12-13-21-27-37-34(28-31(3)33-24-18-15-19-25-33)30-36(26-20-9-7-5-2)35(37)29-32-22-16-14-17-23-32/h14-19,22-25,30-31H,4-13,20-21,26-29H2,1-3H3/q+1. The number of imidazole rings is 1. The quantitative estimate of drug-likeness (QED) is 0.114. The maximum atomic E-state index is 2.71. The zero-order chi connectivity index (χ0) is 26.1. The number of aromatic nitrogens is 2. The summed E-state index contributed by atoms with van der Waals surface area (Å²) in [6.45, 7) is 9.29. The third kappa shape index (κ3) is 10.1. The molecule has 0 N–H and O–H groups in total. The van der Waals surface area contributed by atoms with E-state index in [0.29, 0.717) is 5.92 Å². The molecule has 2 nitrogen and oxygen atoms in total. The Morgan fingerprint density at radius 3 is 1.89 bits per heavy atom. The van der Waals surface area contributed by atoms with Crippen LogP contribution < -0.4 is 4.57 Å². The van der Waals surface area contributed by atoms with E-state index in [0.717, 1.165) is 25.9 Å². The van der Waals surface area contributed by atoms with Crippen LogP contribution in [0.25, 0.3) is 0 Å². The number of nitrogens with zero attached hydrogens (tertiary/aromatic N) is 2. The first-order valence-electron chi connectivity index (χ1n) is 15.4. The fraction of sp³-hybridized carbons (Fsp3) is 0.571. The number of aryl methyl sites for hydroxylation is 1. The highest BCUT2D eigenvalue weighted by Crippen LogP contribution is 2.21. The topological polar surface area (TPSA) is 8.81 Å². The van der Waals surface area contributed by atoms with Crippen molar-refractivity contribution >= 4 is 0 Å². The monoisotopic (exact) mass is 501 g/mol. The van der Waals surface area contributed by atoms with Gasteiger partial charge in [0.15, 0.2) is 0 Å². The lowest BCUT2D eigenvalue weighted by Gasteiger charge is -2.12. The molecule has 3 rings (SSSR count). The average molecular weight is 502 g/mol. The molecule has 0 amide bonds. The summed E-state index contributed by atoms with van der Waals surface area (Å²) in [6.07, 6.45) is 20.8. The van der Waals surface area contributed by atoms with E-state index in [1.165, 1.54) is 99.7 Å². The lowest BCUT2D eigenvalue weighted by molar-refractivity contribution is -0.710. The molecule has 0 saturated carbocycles. The Bertz CT molecular complexity index is 973. The van der Waals surface area contributed by atoms with Crippen LogP contribution in [0.5, 0.6) is 0 Å². The molecule has 0 saturated heterocycles. The summed E-state index contributed by atoms with van der Waals surface area (Å²) in [5.41, 5.74) is 4.38. The lowest BCUT2D eigenvalue weighted by Crippen LogP contribution is -2.41. The third-order valence-corrected chi connectivity index (χ3v) is 7.87. The molecule has 2 heteroatoms. The Morgan fingerprint density at radius 1 is 0.676 bits per heavy atom. The second-order valence-corrected chi connectivity index (χ2v) is 11.1. The van der Waals surface area contributed by atoms with Gasteiger partial charge in [-0.15, -0.1) is 0 Å². The molecule has 1 atom stereocenters. The third-order valence-electron chi connectivity index (χ3n) is 7.87. The summed E-state index contributed by atoms with van der Waals surface area (Å²) in [5.74, 6) is 2.02. The van der Waals surface area contributed by atoms with Gasteiger partial charge < -0.3 is 0 Å². The van der Waals surface area contributed by atoms with Gasteiger partial charge in [0.1, 0.15) is 11.9 Å². The van der Waals surface area contributed by atoms with Crippen LogP contribution >= 0.6 is 0 Å². The summed E-state index contributed by atoms with van der Waals surface area (Å²) < 4.78 is 5.32. The van der Waals surface area contributed by atoms with Gasteiger partial charge in [-0.2, -0.15) is 0 Å². The van der Waals surface area contributed by atoms with E-state index in [1.807, 2.05) is 0 Å². The van der Waals surface area contributed by atoms with Gasteiger partial charge in [0.25, 0.3) is 5.82 Å². The van der Waals surface area contributed by atoms with E-state index < -0.39 is 0 Å². The van der Waals surface area contributed by atoms with E-state index in [-0.39, 0.29) is 0 Å². The van der Waals surface area contributed by atoms with Crippen LogP contribution in [0.4, 0.5) is 0 Å². The van der Waals surface area contributed by atoms with Crippen LogP contribution in [-0.2, 0) is 25.9 Å². The highest BCUT2D eigenvalue weighted by molar-refractivity contribution is 5.21. The summed E-state index contributed by atoms with van der Waals surface area (Å²) in [5, 5.41) is 0. The predicted octanol–water partition coefficient (Wildman–Crippen LogP) is 9.43. The maximum Gasteiger partial charge on any atom is 0.261 e. The van der Waals surface area contributed by atoms with Crippen LogP contribution in [0.2, 0.25) is 0 Å². The largest absolute Gasteiger partial charge is 0.261 e. The molecular formula is C35H53N2+. The molecular weight excluding hydrogens is 448 g/mol. The summed E-state index contributed by atoms with van der Waals surface area (Å²) >= 11 is 0. The number of unbranched alkanes of at least 4 members (excludes halogenated alkanes) is 10. The SMILES string of the molecule is CCCCCCCCCC[n+]1c(CC(C)c2ccccc2)cn(CCCCCC)c1Cc1ccccc1. The molecule has 0 spiro atoms. The number of benzene rings is 2. The zero-order valence-electron chi connectivity index (χ0n) is 24.1. The lowest BCUT2D eigenvalue weighted by atomic mass is 9.96.